The van der Waals surface area contributed by atoms with Crippen LogP contribution in [0.2, 0.25) is 0 Å². The van der Waals surface area contributed by atoms with Crippen molar-refractivity contribution in [2.75, 3.05) is 0 Å². The van der Waals surface area contributed by atoms with Gasteiger partial charge in [0.15, 0.2) is 0 Å². The van der Waals surface area contributed by atoms with Crippen molar-refractivity contribution < 1.29 is 13.6 Å². The summed E-state index contributed by atoms with van der Waals surface area (Å²) < 4.78 is 30.4. The zero-order valence-corrected chi connectivity index (χ0v) is 20.6. The van der Waals surface area contributed by atoms with Crippen LogP contribution in [0.15, 0.2) is 60.1 Å². The first-order chi connectivity index (χ1) is 16.7. The van der Waals surface area contributed by atoms with Gasteiger partial charge in [-0.25, -0.2) is 18.7 Å². The summed E-state index contributed by atoms with van der Waals surface area (Å²) in [6.45, 7) is 6.64. The van der Waals surface area contributed by atoms with Gasteiger partial charge in [-0.15, -0.1) is 11.3 Å². The van der Waals surface area contributed by atoms with Crippen LogP contribution in [0.1, 0.15) is 53.7 Å². The van der Waals surface area contributed by atoms with Gasteiger partial charge in [0.1, 0.15) is 28.2 Å². The Labute approximate surface area is 206 Å². The lowest BCUT2D eigenvalue weighted by Gasteiger charge is -2.31. The Bertz CT molecular complexity index is 1330. The molecule has 1 atom stereocenters. The normalized spacial score (nSPS) is 12.5. The summed E-state index contributed by atoms with van der Waals surface area (Å²) >= 11 is 1.32. The van der Waals surface area contributed by atoms with Gasteiger partial charge < -0.3 is 15.6 Å². The molecule has 0 fully saturated rings. The van der Waals surface area contributed by atoms with Crippen molar-refractivity contribution in [3.05, 3.63) is 93.8 Å². The molecular weight excluding hydrogens is 468 g/mol. The third-order valence-electron chi connectivity index (χ3n) is 5.57. The fourth-order valence-electron chi connectivity index (χ4n) is 3.77. The van der Waals surface area contributed by atoms with Crippen LogP contribution in [0, 0.1) is 17.0 Å². The van der Waals surface area contributed by atoms with E-state index >= 15 is 0 Å². The third-order valence-corrected chi connectivity index (χ3v) is 6.44. The highest BCUT2D eigenvalue weighted by atomic mass is 32.1. The van der Waals surface area contributed by atoms with Crippen molar-refractivity contribution >= 4 is 17.2 Å². The maximum Gasteiger partial charge on any atom is 0.271 e. The van der Waals surface area contributed by atoms with Gasteiger partial charge in [-0.2, -0.15) is 0 Å². The number of halogens is 2. The molecule has 0 unspecified atom stereocenters. The molecule has 0 spiro atoms. The molecule has 1 amide bonds. The lowest BCUT2D eigenvalue weighted by atomic mass is 9.86. The summed E-state index contributed by atoms with van der Waals surface area (Å²) in [4.78, 5) is 22.1. The first kappa shape index (κ1) is 24.7. The largest absolute Gasteiger partial charge is 0.340 e. The minimum atomic E-state index is -0.574. The molecular formula is C26H27F2N5OS. The Kier molecular flexibility index (Phi) is 7.09. The van der Waals surface area contributed by atoms with Crippen LogP contribution in [0.25, 0.3) is 11.3 Å². The van der Waals surface area contributed by atoms with Crippen LogP contribution in [0.5, 0.6) is 0 Å². The summed E-state index contributed by atoms with van der Waals surface area (Å²) in [7, 11) is 0. The quantitative estimate of drug-likeness (QED) is 0.364. The molecule has 9 heteroatoms. The number of carbonyl (C=O) groups is 1. The molecule has 2 aromatic heterocycles. The fraction of sp³-hybridized carbons (Fsp3) is 0.269. The average Bonchev–Trinajstić information content (AvgIpc) is 3.46. The number of nitrogens with two attached hydrogens (primary N) is 1. The number of aromatic nitrogens is 3. The number of benzene rings is 2. The van der Waals surface area contributed by atoms with E-state index in [2.05, 4.69) is 10.3 Å². The predicted octanol–water partition coefficient (Wildman–Crippen LogP) is 5.31. The molecule has 0 radical (unpaired) electrons. The fourth-order valence-corrected chi connectivity index (χ4v) is 4.43. The van der Waals surface area contributed by atoms with E-state index in [1.165, 1.54) is 11.3 Å². The molecule has 0 saturated heterocycles. The molecule has 3 N–H and O–H groups in total. The number of hydrogen-bond acceptors (Lipinski definition) is 5. The van der Waals surface area contributed by atoms with Gasteiger partial charge in [-0.1, -0.05) is 51.1 Å². The second-order valence-corrected chi connectivity index (χ2v) is 10.3. The highest BCUT2D eigenvalue weighted by Crippen LogP contribution is 2.35. The van der Waals surface area contributed by atoms with Gasteiger partial charge in [-0.3, -0.25) is 4.79 Å². The van der Waals surface area contributed by atoms with Crippen LogP contribution in [-0.4, -0.2) is 20.4 Å². The zero-order chi connectivity index (χ0) is 25.2. The van der Waals surface area contributed by atoms with E-state index in [4.69, 9.17) is 10.7 Å². The van der Waals surface area contributed by atoms with E-state index in [0.29, 0.717) is 17.4 Å². The first-order valence-electron chi connectivity index (χ1n) is 11.2. The Morgan fingerprint density at radius 1 is 1.14 bits per heavy atom. The van der Waals surface area contributed by atoms with Crippen molar-refractivity contribution in [3.63, 3.8) is 0 Å². The van der Waals surface area contributed by atoms with Crippen molar-refractivity contribution in [2.45, 2.75) is 39.9 Å². The van der Waals surface area contributed by atoms with Crippen LogP contribution in [-0.2, 0) is 13.1 Å². The Morgan fingerprint density at radius 2 is 1.89 bits per heavy atom. The molecule has 0 aliphatic carbocycles. The third kappa shape index (κ3) is 5.63. The highest BCUT2D eigenvalue weighted by molar-refractivity contribution is 7.09. The average molecular weight is 496 g/mol. The smallest absolute Gasteiger partial charge is 0.271 e. The topological polar surface area (TPSA) is 85.8 Å². The highest BCUT2D eigenvalue weighted by Gasteiger charge is 2.33. The molecule has 6 nitrogen and oxygen atoms in total. The summed E-state index contributed by atoms with van der Waals surface area (Å²) in [5.41, 5.74) is 6.82. The summed E-state index contributed by atoms with van der Waals surface area (Å²) in [5, 5.41) is 5.39. The SMILES string of the molecule is CC(C)(C)[C@@H](NC(=O)c1csc(CN)n1)c1nc(-c2cc(F)ccc2F)cn1Cc1ccccc1. The van der Waals surface area contributed by atoms with E-state index in [0.717, 1.165) is 23.8 Å². The number of amides is 1. The molecule has 4 aromatic rings. The minimum Gasteiger partial charge on any atom is -0.340 e. The molecule has 0 aliphatic heterocycles. The molecule has 182 valence electrons. The van der Waals surface area contributed by atoms with Crippen LogP contribution < -0.4 is 11.1 Å². The van der Waals surface area contributed by atoms with E-state index < -0.39 is 23.1 Å². The summed E-state index contributed by atoms with van der Waals surface area (Å²) in [6.07, 6.45) is 1.69. The van der Waals surface area contributed by atoms with E-state index in [-0.39, 0.29) is 29.4 Å². The monoisotopic (exact) mass is 495 g/mol. The predicted molar refractivity (Wildman–Crippen MR) is 133 cm³/mol. The van der Waals surface area contributed by atoms with E-state index in [9.17, 15) is 13.6 Å². The maximum atomic E-state index is 14.6. The van der Waals surface area contributed by atoms with Crippen molar-refractivity contribution in [2.24, 2.45) is 11.1 Å². The lowest BCUT2D eigenvalue weighted by Crippen LogP contribution is -2.38. The van der Waals surface area contributed by atoms with Crippen molar-refractivity contribution in [3.8, 4) is 11.3 Å². The lowest BCUT2D eigenvalue weighted by molar-refractivity contribution is 0.0891. The molecule has 0 aliphatic rings. The number of thiazole rings is 1. The Balaban J connectivity index is 1.79. The molecule has 0 bridgehead atoms. The van der Waals surface area contributed by atoms with Gasteiger partial charge in [0, 0.05) is 30.2 Å². The van der Waals surface area contributed by atoms with Crippen molar-refractivity contribution in [1.29, 1.82) is 0 Å². The van der Waals surface area contributed by atoms with E-state index in [1.54, 1.807) is 11.6 Å². The number of rotatable bonds is 7. The standard InChI is InChI=1S/C26H27F2N5OS/c1-26(2,3)23(32-25(34)21-15-35-22(12-29)30-21)24-31-20(18-11-17(27)9-10-19(18)28)14-33(24)13-16-7-5-4-6-8-16/h4-11,14-15,23H,12-13,29H2,1-3H3,(H,32,34)/t23-/m0/s1. The number of nitrogens with zero attached hydrogens (tertiary/aromatic N) is 3. The van der Waals surface area contributed by atoms with Crippen LogP contribution >= 0.6 is 11.3 Å². The van der Waals surface area contributed by atoms with Gasteiger partial charge in [0.25, 0.3) is 5.91 Å². The summed E-state index contributed by atoms with van der Waals surface area (Å²) in [6, 6.07) is 12.5. The zero-order valence-electron chi connectivity index (χ0n) is 19.8. The molecule has 4 rings (SSSR count). The minimum absolute atomic E-state index is 0.0594. The molecule has 2 heterocycles. The summed E-state index contributed by atoms with van der Waals surface area (Å²) in [5.74, 6) is -0.952. The molecule has 0 saturated carbocycles. The number of imidazole rings is 1. The number of hydrogen-bond donors (Lipinski definition) is 2. The second kappa shape index (κ2) is 10.1. The van der Waals surface area contributed by atoms with Gasteiger partial charge in [-0.05, 0) is 29.2 Å². The van der Waals surface area contributed by atoms with E-state index in [1.807, 2.05) is 55.7 Å². The Hall–Kier alpha value is -3.43. The van der Waals surface area contributed by atoms with Crippen LogP contribution in [0.3, 0.4) is 0 Å². The van der Waals surface area contributed by atoms with Gasteiger partial charge in [0.05, 0.1) is 11.7 Å². The van der Waals surface area contributed by atoms with Gasteiger partial charge in [0.2, 0.25) is 0 Å². The maximum absolute atomic E-state index is 14.6. The second-order valence-electron chi connectivity index (χ2n) is 9.33. The number of carbonyl (C=O) groups excluding carboxylic acids is 1. The number of nitrogens with one attached hydrogen (secondary N) is 1. The Morgan fingerprint density at radius 3 is 2.54 bits per heavy atom. The first-order valence-corrected chi connectivity index (χ1v) is 12.1. The van der Waals surface area contributed by atoms with Crippen molar-refractivity contribution in [1.82, 2.24) is 19.9 Å². The van der Waals surface area contributed by atoms with Gasteiger partial charge >= 0.3 is 0 Å². The molecule has 35 heavy (non-hydrogen) atoms. The van der Waals surface area contributed by atoms with Crippen LogP contribution in [0.4, 0.5) is 8.78 Å². The molecule has 2 aromatic carbocycles.